The van der Waals surface area contributed by atoms with Gasteiger partial charge in [0.2, 0.25) is 0 Å². The zero-order valence-electron chi connectivity index (χ0n) is 9.18. The third-order valence-electron chi connectivity index (χ3n) is 2.70. The predicted octanol–water partition coefficient (Wildman–Crippen LogP) is 4.41. The van der Waals surface area contributed by atoms with Crippen molar-refractivity contribution in [1.29, 1.82) is 0 Å². The van der Waals surface area contributed by atoms with Crippen LogP contribution >= 0.6 is 23.2 Å². The Morgan fingerprint density at radius 2 is 2.00 bits per heavy atom. The number of rotatable bonds is 3. The van der Waals surface area contributed by atoms with Gasteiger partial charge in [-0.05, 0) is 31.7 Å². The van der Waals surface area contributed by atoms with Gasteiger partial charge in [-0.15, -0.1) is 0 Å². The van der Waals surface area contributed by atoms with Crippen molar-refractivity contribution >= 4 is 34.2 Å². The van der Waals surface area contributed by atoms with Gasteiger partial charge >= 0.3 is 0 Å². The Kier molecular flexibility index (Phi) is 3.43. The molecule has 0 saturated heterocycles. The maximum Gasteiger partial charge on any atom is 0.154 e. The summed E-state index contributed by atoms with van der Waals surface area (Å²) in [6, 6.07) is 5.68. The van der Waals surface area contributed by atoms with Gasteiger partial charge in [0.25, 0.3) is 0 Å². The molecule has 0 aliphatic carbocycles. The lowest BCUT2D eigenvalue weighted by Gasteiger charge is -2.09. The third kappa shape index (κ3) is 1.93. The van der Waals surface area contributed by atoms with E-state index in [4.69, 9.17) is 27.6 Å². The Morgan fingerprint density at radius 1 is 1.31 bits per heavy atom. The quantitative estimate of drug-likeness (QED) is 0.882. The summed E-state index contributed by atoms with van der Waals surface area (Å²) in [4.78, 5) is 0. The summed E-state index contributed by atoms with van der Waals surface area (Å²) in [5, 5.41) is 5.32. The molecule has 0 bridgehead atoms. The summed E-state index contributed by atoms with van der Waals surface area (Å²) in [6.07, 6.45) is 0.950. The van der Waals surface area contributed by atoms with Crippen molar-refractivity contribution in [3.8, 4) is 0 Å². The van der Waals surface area contributed by atoms with Crippen molar-refractivity contribution in [2.75, 3.05) is 7.05 Å². The predicted molar refractivity (Wildman–Crippen MR) is 68.3 cm³/mol. The van der Waals surface area contributed by atoms with Crippen LogP contribution < -0.4 is 5.32 Å². The summed E-state index contributed by atoms with van der Waals surface area (Å²) < 4.78 is 5.74. The molecule has 16 heavy (non-hydrogen) atoms. The fourth-order valence-electron chi connectivity index (χ4n) is 1.80. The molecule has 1 aromatic carbocycles. The topological polar surface area (TPSA) is 25.2 Å². The molecule has 1 heterocycles. The van der Waals surface area contributed by atoms with Crippen molar-refractivity contribution in [3.05, 3.63) is 34.0 Å². The van der Waals surface area contributed by atoms with Gasteiger partial charge in [-0.25, -0.2) is 0 Å². The summed E-state index contributed by atoms with van der Waals surface area (Å²) in [7, 11) is 1.91. The van der Waals surface area contributed by atoms with Crippen molar-refractivity contribution < 1.29 is 4.42 Å². The van der Waals surface area contributed by atoms with Crippen molar-refractivity contribution in [2.24, 2.45) is 0 Å². The van der Waals surface area contributed by atoms with Crippen LogP contribution in [0.15, 0.2) is 22.6 Å². The molecule has 86 valence electrons. The zero-order valence-corrected chi connectivity index (χ0v) is 10.7. The standard InChI is InChI=1S/C12H13Cl2NO/c1-3-10(15-2)11-6-7-8(13)4-5-9(14)12(7)16-11/h4-6,10,15H,3H2,1-2H3. The second-order valence-corrected chi connectivity index (χ2v) is 4.48. The SMILES string of the molecule is CCC(NC)c1cc2c(Cl)ccc(Cl)c2o1. The summed E-state index contributed by atoms with van der Waals surface area (Å²) in [6.45, 7) is 2.09. The van der Waals surface area contributed by atoms with Gasteiger partial charge in [0, 0.05) is 5.39 Å². The number of halogens is 2. The van der Waals surface area contributed by atoms with Crippen LogP contribution in [0.4, 0.5) is 0 Å². The van der Waals surface area contributed by atoms with E-state index in [9.17, 15) is 0 Å². The maximum atomic E-state index is 6.09. The molecule has 1 N–H and O–H groups in total. The van der Waals surface area contributed by atoms with Crippen LogP contribution in [-0.4, -0.2) is 7.05 Å². The summed E-state index contributed by atoms with van der Waals surface area (Å²) in [5.41, 5.74) is 0.665. The Hall–Kier alpha value is -0.700. The number of hydrogen-bond acceptors (Lipinski definition) is 2. The van der Waals surface area contributed by atoms with Crippen LogP contribution in [-0.2, 0) is 0 Å². The monoisotopic (exact) mass is 257 g/mol. The minimum atomic E-state index is 0.194. The molecule has 1 unspecified atom stereocenters. The molecule has 1 atom stereocenters. The lowest BCUT2D eigenvalue weighted by molar-refractivity contribution is 0.444. The van der Waals surface area contributed by atoms with E-state index >= 15 is 0 Å². The first kappa shape index (κ1) is 11.8. The summed E-state index contributed by atoms with van der Waals surface area (Å²) >= 11 is 12.2. The van der Waals surface area contributed by atoms with Gasteiger partial charge in [0.15, 0.2) is 5.58 Å². The lowest BCUT2D eigenvalue weighted by Crippen LogP contribution is -2.14. The van der Waals surface area contributed by atoms with Gasteiger partial charge < -0.3 is 9.73 Å². The maximum absolute atomic E-state index is 6.09. The van der Waals surface area contributed by atoms with Crippen LogP contribution in [0, 0.1) is 0 Å². The molecule has 0 saturated carbocycles. The number of benzene rings is 1. The van der Waals surface area contributed by atoms with Crippen LogP contribution in [0.2, 0.25) is 10.0 Å². The highest BCUT2D eigenvalue weighted by Gasteiger charge is 2.15. The van der Waals surface area contributed by atoms with E-state index in [-0.39, 0.29) is 6.04 Å². The minimum Gasteiger partial charge on any atom is -0.458 e. The second-order valence-electron chi connectivity index (χ2n) is 3.67. The highest BCUT2D eigenvalue weighted by molar-refractivity contribution is 6.39. The van der Waals surface area contributed by atoms with Crippen LogP contribution in [0.3, 0.4) is 0 Å². The van der Waals surface area contributed by atoms with Gasteiger partial charge in [-0.1, -0.05) is 30.1 Å². The van der Waals surface area contributed by atoms with Gasteiger partial charge in [0.05, 0.1) is 16.1 Å². The smallest absolute Gasteiger partial charge is 0.154 e. The molecule has 0 aliphatic heterocycles. The lowest BCUT2D eigenvalue weighted by atomic mass is 10.1. The molecule has 0 aliphatic rings. The Labute approximate surface area is 105 Å². The van der Waals surface area contributed by atoms with E-state index in [2.05, 4.69) is 12.2 Å². The molecule has 0 spiro atoms. The fraction of sp³-hybridized carbons (Fsp3) is 0.333. The highest BCUT2D eigenvalue weighted by atomic mass is 35.5. The Bertz CT molecular complexity index is 464. The average molecular weight is 258 g/mol. The molecule has 2 aromatic rings. The Morgan fingerprint density at radius 3 is 2.56 bits per heavy atom. The third-order valence-corrected chi connectivity index (χ3v) is 3.33. The number of nitrogens with one attached hydrogen (secondary N) is 1. The molecule has 2 nitrogen and oxygen atoms in total. The fourth-order valence-corrected chi connectivity index (χ4v) is 2.20. The second kappa shape index (κ2) is 4.66. The van der Waals surface area contributed by atoms with Gasteiger partial charge in [-0.2, -0.15) is 0 Å². The van der Waals surface area contributed by atoms with Crippen LogP contribution in [0.25, 0.3) is 11.0 Å². The van der Waals surface area contributed by atoms with Crippen molar-refractivity contribution in [1.82, 2.24) is 5.32 Å². The van der Waals surface area contributed by atoms with E-state index in [0.29, 0.717) is 15.6 Å². The molecular formula is C12H13Cl2NO. The van der Waals surface area contributed by atoms with Crippen molar-refractivity contribution in [3.63, 3.8) is 0 Å². The average Bonchev–Trinajstić information content (AvgIpc) is 2.71. The van der Waals surface area contributed by atoms with E-state index < -0.39 is 0 Å². The van der Waals surface area contributed by atoms with E-state index in [1.807, 2.05) is 13.1 Å². The van der Waals surface area contributed by atoms with E-state index in [1.165, 1.54) is 0 Å². The molecular weight excluding hydrogens is 245 g/mol. The largest absolute Gasteiger partial charge is 0.458 e. The number of fused-ring (bicyclic) bond motifs is 1. The Balaban J connectivity index is 2.59. The first-order valence-electron chi connectivity index (χ1n) is 5.22. The highest BCUT2D eigenvalue weighted by Crippen LogP contribution is 2.34. The molecule has 1 aromatic heterocycles. The number of hydrogen-bond donors (Lipinski definition) is 1. The van der Waals surface area contributed by atoms with Crippen molar-refractivity contribution in [2.45, 2.75) is 19.4 Å². The molecule has 0 radical (unpaired) electrons. The molecule has 4 heteroatoms. The first-order valence-corrected chi connectivity index (χ1v) is 5.97. The van der Waals surface area contributed by atoms with Gasteiger partial charge in [0.1, 0.15) is 5.76 Å². The molecule has 0 amide bonds. The minimum absolute atomic E-state index is 0.194. The number of furan rings is 1. The summed E-state index contributed by atoms with van der Waals surface area (Å²) in [5.74, 6) is 0.870. The molecule has 2 rings (SSSR count). The van der Waals surface area contributed by atoms with Crippen LogP contribution in [0.5, 0.6) is 0 Å². The van der Waals surface area contributed by atoms with E-state index in [1.54, 1.807) is 12.1 Å². The first-order chi connectivity index (χ1) is 7.67. The zero-order chi connectivity index (χ0) is 11.7. The van der Waals surface area contributed by atoms with Gasteiger partial charge in [-0.3, -0.25) is 0 Å². The van der Waals surface area contributed by atoms with E-state index in [0.717, 1.165) is 17.6 Å². The van der Waals surface area contributed by atoms with Crippen LogP contribution in [0.1, 0.15) is 25.1 Å². The normalized spacial score (nSPS) is 13.2. The molecule has 0 fully saturated rings.